The van der Waals surface area contributed by atoms with Crippen LogP contribution >= 0.6 is 15.9 Å². The Morgan fingerprint density at radius 2 is 1.94 bits per heavy atom. The lowest BCUT2D eigenvalue weighted by atomic mass is 10.2. The summed E-state index contributed by atoms with van der Waals surface area (Å²) < 4.78 is 5.21. The number of ether oxygens (including phenoxy) is 1. The highest BCUT2D eigenvalue weighted by molar-refractivity contribution is 9.09. The highest BCUT2D eigenvalue weighted by Gasteiger charge is 2.22. The number of hydrogen-bond acceptors (Lipinski definition) is 3. The zero-order valence-corrected chi connectivity index (χ0v) is 12.6. The van der Waals surface area contributed by atoms with Crippen molar-refractivity contribution in [1.29, 1.82) is 0 Å². The fourth-order valence-electron chi connectivity index (χ4n) is 1.86. The van der Waals surface area contributed by atoms with Crippen LogP contribution in [-0.4, -0.2) is 66.3 Å². The number of morpholine rings is 1. The van der Waals surface area contributed by atoms with Gasteiger partial charge in [-0.1, -0.05) is 29.8 Å². The van der Waals surface area contributed by atoms with Crippen LogP contribution in [0, 0.1) is 5.92 Å². The fourth-order valence-corrected chi connectivity index (χ4v) is 2.21. The van der Waals surface area contributed by atoms with E-state index in [0.29, 0.717) is 38.8 Å². The van der Waals surface area contributed by atoms with Gasteiger partial charge in [-0.15, -0.1) is 0 Å². The Labute approximate surface area is 117 Å². The summed E-state index contributed by atoms with van der Waals surface area (Å²) in [5.74, 6) is 0.323. The van der Waals surface area contributed by atoms with Gasteiger partial charge in [0.1, 0.15) is 0 Å². The van der Waals surface area contributed by atoms with Crippen LogP contribution in [0.2, 0.25) is 0 Å². The molecule has 0 aromatic heterocycles. The van der Waals surface area contributed by atoms with Crippen LogP contribution in [0.25, 0.3) is 0 Å². The van der Waals surface area contributed by atoms with E-state index in [4.69, 9.17) is 4.74 Å². The summed E-state index contributed by atoms with van der Waals surface area (Å²) >= 11 is 3.16. The highest BCUT2D eigenvalue weighted by atomic mass is 79.9. The Morgan fingerprint density at radius 3 is 2.44 bits per heavy atom. The molecule has 1 aliphatic rings. The second kappa shape index (κ2) is 7.74. The predicted molar refractivity (Wildman–Crippen MR) is 72.6 cm³/mol. The van der Waals surface area contributed by atoms with Gasteiger partial charge in [0.2, 0.25) is 11.8 Å². The van der Waals surface area contributed by atoms with Gasteiger partial charge in [-0.25, -0.2) is 0 Å². The summed E-state index contributed by atoms with van der Waals surface area (Å²) in [6, 6.07) is 0. The molecule has 0 aromatic rings. The summed E-state index contributed by atoms with van der Waals surface area (Å²) in [6.45, 7) is 7.27. The van der Waals surface area contributed by atoms with Gasteiger partial charge in [0.25, 0.3) is 0 Å². The van der Waals surface area contributed by atoms with E-state index < -0.39 is 0 Å². The third-order valence-corrected chi connectivity index (χ3v) is 3.22. The Balaban J connectivity index is 2.52. The van der Waals surface area contributed by atoms with E-state index in [1.807, 2.05) is 13.8 Å². The van der Waals surface area contributed by atoms with Gasteiger partial charge < -0.3 is 14.5 Å². The first-order valence-electron chi connectivity index (χ1n) is 6.24. The van der Waals surface area contributed by atoms with Crippen LogP contribution in [0.15, 0.2) is 0 Å². The van der Waals surface area contributed by atoms with Crippen molar-refractivity contribution in [3.8, 4) is 0 Å². The molecular weight excluding hydrogens is 300 g/mol. The lowest BCUT2D eigenvalue weighted by Crippen LogP contribution is -2.48. The number of alkyl halides is 1. The van der Waals surface area contributed by atoms with Gasteiger partial charge in [-0.2, -0.15) is 0 Å². The Bertz CT molecular complexity index is 291. The normalized spacial score (nSPS) is 15.9. The van der Waals surface area contributed by atoms with Crippen LogP contribution in [0.5, 0.6) is 0 Å². The average molecular weight is 321 g/mol. The minimum Gasteiger partial charge on any atom is -0.378 e. The number of carbonyl (C=O) groups excluding carboxylic acids is 2. The maximum Gasteiger partial charge on any atom is 0.242 e. The quantitative estimate of drug-likeness (QED) is 0.701. The third kappa shape index (κ3) is 4.94. The smallest absolute Gasteiger partial charge is 0.242 e. The highest BCUT2D eigenvalue weighted by Crippen LogP contribution is 2.04. The molecule has 104 valence electrons. The molecular formula is C12H21BrN2O3. The van der Waals surface area contributed by atoms with Crippen molar-refractivity contribution in [2.75, 3.05) is 44.7 Å². The average Bonchev–Trinajstić information content (AvgIpc) is 2.37. The zero-order chi connectivity index (χ0) is 13.5. The molecule has 0 atom stereocenters. The van der Waals surface area contributed by atoms with Crippen molar-refractivity contribution in [3.63, 3.8) is 0 Å². The molecule has 1 fully saturated rings. The first-order chi connectivity index (χ1) is 8.54. The summed E-state index contributed by atoms with van der Waals surface area (Å²) in [4.78, 5) is 27.2. The Kier molecular flexibility index (Phi) is 6.63. The molecule has 1 saturated heterocycles. The second-order valence-electron chi connectivity index (χ2n) is 4.79. The summed E-state index contributed by atoms with van der Waals surface area (Å²) in [5, 5.41) is 0.260. The molecule has 0 aliphatic carbocycles. The third-order valence-electron chi connectivity index (χ3n) is 2.74. The minimum absolute atomic E-state index is 0.00764. The molecule has 5 nitrogen and oxygen atoms in total. The van der Waals surface area contributed by atoms with Gasteiger partial charge in [0.05, 0.1) is 25.1 Å². The summed E-state index contributed by atoms with van der Waals surface area (Å²) in [7, 11) is 0. The zero-order valence-electron chi connectivity index (χ0n) is 11.0. The number of halogens is 1. The molecule has 0 bridgehead atoms. The second-order valence-corrected chi connectivity index (χ2v) is 5.36. The summed E-state index contributed by atoms with van der Waals surface area (Å²) in [5.41, 5.74) is 0. The SMILES string of the molecule is CC(C)CN(CC(=O)N1CCOCC1)C(=O)CBr. The minimum atomic E-state index is -0.0368. The Hall–Kier alpha value is -0.620. The standard InChI is InChI=1S/C12H21BrN2O3/c1-10(2)8-15(11(16)7-13)9-12(17)14-3-5-18-6-4-14/h10H,3-9H2,1-2H3. The van der Waals surface area contributed by atoms with Crippen LogP contribution in [0.3, 0.4) is 0 Å². The molecule has 18 heavy (non-hydrogen) atoms. The lowest BCUT2D eigenvalue weighted by molar-refractivity contribution is -0.142. The van der Waals surface area contributed by atoms with E-state index in [0.717, 1.165) is 0 Å². The van der Waals surface area contributed by atoms with Crippen molar-refractivity contribution < 1.29 is 14.3 Å². The molecule has 1 rings (SSSR count). The van der Waals surface area contributed by atoms with E-state index in [1.165, 1.54) is 0 Å². The van der Waals surface area contributed by atoms with Gasteiger partial charge >= 0.3 is 0 Å². The first kappa shape index (κ1) is 15.4. The van der Waals surface area contributed by atoms with Crippen molar-refractivity contribution >= 4 is 27.7 Å². The molecule has 0 spiro atoms. The number of hydrogen-bond donors (Lipinski definition) is 0. The predicted octanol–water partition coefficient (Wildman–Crippen LogP) is 0.725. The van der Waals surface area contributed by atoms with Crippen molar-refractivity contribution in [2.24, 2.45) is 5.92 Å². The van der Waals surface area contributed by atoms with E-state index >= 15 is 0 Å². The van der Waals surface area contributed by atoms with Crippen molar-refractivity contribution in [1.82, 2.24) is 9.80 Å². The van der Waals surface area contributed by atoms with Crippen LogP contribution in [0.4, 0.5) is 0 Å². The molecule has 1 heterocycles. The maximum atomic E-state index is 12.1. The number of carbonyl (C=O) groups is 2. The summed E-state index contributed by atoms with van der Waals surface area (Å²) in [6.07, 6.45) is 0. The largest absolute Gasteiger partial charge is 0.378 e. The fraction of sp³-hybridized carbons (Fsp3) is 0.833. The van der Waals surface area contributed by atoms with Crippen LogP contribution in [-0.2, 0) is 14.3 Å². The van der Waals surface area contributed by atoms with Gasteiger partial charge in [0, 0.05) is 19.6 Å². The number of nitrogens with zero attached hydrogens (tertiary/aromatic N) is 2. The maximum absolute atomic E-state index is 12.1. The lowest BCUT2D eigenvalue weighted by Gasteiger charge is -2.30. The van der Waals surface area contributed by atoms with Crippen LogP contribution in [0.1, 0.15) is 13.8 Å². The van der Waals surface area contributed by atoms with E-state index in [2.05, 4.69) is 15.9 Å². The topological polar surface area (TPSA) is 49.9 Å². The number of amides is 2. The monoisotopic (exact) mass is 320 g/mol. The first-order valence-corrected chi connectivity index (χ1v) is 7.36. The molecule has 0 saturated carbocycles. The number of rotatable bonds is 5. The van der Waals surface area contributed by atoms with Crippen molar-refractivity contribution in [3.05, 3.63) is 0 Å². The molecule has 0 N–H and O–H groups in total. The molecule has 1 aliphatic heterocycles. The van der Waals surface area contributed by atoms with Gasteiger partial charge in [-0.3, -0.25) is 9.59 Å². The van der Waals surface area contributed by atoms with E-state index in [-0.39, 0.29) is 23.7 Å². The molecule has 2 amide bonds. The molecule has 6 heteroatoms. The van der Waals surface area contributed by atoms with Crippen molar-refractivity contribution in [2.45, 2.75) is 13.8 Å². The molecule has 0 aromatic carbocycles. The Morgan fingerprint density at radius 1 is 1.33 bits per heavy atom. The molecule has 0 radical (unpaired) electrons. The van der Waals surface area contributed by atoms with E-state index in [9.17, 15) is 9.59 Å². The van der Waals surface area contributed by atoms with Gasteiger partial charge in [-0.05, 0) is 5.92 Å². The molecule has 0 unspecified atom stereocenters. The van der Waals surface area contributed by atoms with Gasteiger partial charge in [0.15, 0.2) is 0 Å². The van der Waals surface area contributed by atoms with E-state index in [1.54, 1.807) is 9.80 Å². The van der Waals surface area contributed by atoms with Crippen LogP contribution < -0.4 is 0 Å².